The van der Waals surface area contributed by atoms with Crippen LogP contribution in [0.1, 0.15) is 49.7 Å². The van der Waals surface area contributed by atoms with Crippen LogP contribution in [0.15, 0.2) is 72.0 Å². The van der Waals surface area contributed by atoms with Gasteiger partial charge in [-0.2, -0.15) is 0 Å². The number of pyridine rings is 1. The fourth-order valence-corrected chi connectivity index (χ4v) is 2.63. The lowest BCUT2D eigenvalue weighted by molar-refractivity contribution is 0.0954. The van der Waals surface area contributed by atoms with Crippen molar-refractivity contribution in [3.05, 3.63) is 83.2 Å². The van der Waals surface area contributed by atoms with Crippen molar-refractivity contribution in [2.45, 2.75) is 40.0 Å². The third kappa shape index (κ3) is 8.21. The van der Waals surface area contributed by atoms with Gasteiger partial charge in [-0.15, -0.1) is 0 Å². The number of rotatable bonds is 10. The Morgan fingerprint density at radius 2 is 1.86 bits per heavy atom. The zero-order valence-electron chi connectivity index (χ0n) is 17.1. The standard InChI is InChI=1S/C24H30N2O2/c1-19(2)7-6-8-20(3)15-18-28-23-12-10-21(11-13-23)24(27)26-17-14-22-9-4-5-16-25-22/h4-5,7,9-13,15-16H,6,8,14,17-18H2,1-3H3,(H,26,27)/b20-15+. The molecule has 0 spiro atoms. The molecule has 4 heteroatoms. The fourth-order valence-electron chi connectivity index (χ4n) is 2.63. The minimum absolute atomic E-state index is 0.0857. The number of amides is 1. The molecule has 1 heterocycles. The van der Waals surface area contributed by atoms with E-state index in [-0.39, 0.29) is 5.91 Å². The predicted octanol–water partition coefficient (Wildman–Crippen LogP) is 5.13. The highest BCUT2D eigenvalue weighted by atomic mass is 16.5. The van der Waals surface area contributed by atoms with E-state index in [4.69, 9.17) is 4.74 Å². The molecule has 0 aliphatic rings. The van der Waals surface area contributed by atoms with Crippen LogP contribution >= 0.6 is 0 Å². The summed E-state index contributed by atoms with van der Waals surface area (Å²) in [7, 11) is 0. The molecule has 2 aromatic rings. The molecular formula is C24H30N2O2. The minimum atomic E-state index is -0.0857. The van der Waals surface area contributed by atoms with E-state index in [2.05, 4.69) is 43.2 Å². The normalized spacial score (nSPS) is 11.0. The summed E-state index contributed by atoms with van der Waals surface area (Å²) < 4.78 is 5.75. The first kappa shape index (κ1) is 21.4. The second kappa shape index (κ2) is 11.8. The van der Waals surface area contributed by atoms with Gasteiger partial charge in [0.05, 0.1) is 0 Å². The van der Waals surface area contributed by atoms with Crippen molar-refractivity contribution in [1.82, 2.24) is 10.3 Å². The average molecular weight is 379 g/mol. The van der Waals surface area contributed by atoms with Crippen molar-refractivity contribution >= 4 is 5.91 Å². The largest absolute Gasteiger partial charge is 0.490 e. The van der Waals surface area contributed by atoms with Gasteiger partial charge in [-0.1, -0.05) is 23.3 Å². The van der Waals surface area contributed by atoms with Crippen molar-refractivity contribution in [1.29, 1.82) is 0 Å². The lowest BCUT2D eigenvalue weighted by Gasteiger charge is -2.07. The van der Waals surface area contributed by atoms with E-state index in [0.717, 1.165) is 24.3 Å². The summed E-state index contributed by atoms with van der Waals surface area (Å²) in [6.45, 7) is 7.46. The van der Waals surface area contributed by atoms with E-state index >= 15 is 0 Å². The number of hydrogen-bond donors (Lipinski definition) is 1. The molecule has 1 aromatic heterocycles. The lowest BCUT2D eigenvalue weighted by Crippen LogP contribution is -2.25. The zero-order chi connectivity index (χ0) is 20.2. The van der Waals surface area contributed by atoms with Crippen molar-refractivity contribution in [3.63, 3.8) is 0 Å². The molecule has 1 aromatic carbocycles. The van der Waals surface area contributed by atoms with Crippen molar-refractivity contribution in [2.75, 3.05) is 13.2 Å². The van der Waals surface area contributed by atoms with E-state index in [0.29, 0.717) is 25.1 Å². The Morgan fingerprint density at radius 3 is 2.54 bits per heavy atom. The van der Waals surface area contributed by atoms with Crippen LogP contribution in [0.3, 0.4) is 0 Å². The van der Waals surface area contributed by atoms with Gasteiger partial charge in [0.2, 0.25) is 0 Å². The summed E-state index contributed by atoms with van der Waals surface area (Å²) in [6, 6.07) is 13.0. The second-order valence-electron chi connectivity index (χ2n) is 7.03. The quantitative estimate of drug-likeness (QED) is 0.583. The first-order chi connectivity index (χ1) is 13.5. The molecule has 148 valence electrons. The van der Waals surface area contributed by atoms with Gasteiger partial charge in [-0.05, 0) is 76.1 Å². The molecule has 0 saturated carbocycles. The Balaban J connectivity index is 1.73. The van der Waals surface area contributed by atoms with Crippen molar-refractivity contribution in [2.24, 2.45) is 0 Å². The molecule has 2 rings (SSSR count). The molecule has 0 fully saturated rings. The van der Waals surface area contributed by atoms with Crippen LogP contribution in [0.2, 0.25) is 0 Å². The van der Waals surface area contributed by atoms with Crippen LogP contribution in [0.5, 0.6) is 5.75 Å². The first-order valence-electron chi connectivity index (χ1n) is 9.74. The van der Waals surface area contributed by atoms with Crippen LogP contribution in [-0.4, -0.2) is 24.0 Å². The van der Waals surface area contributed by atoms with Crippen LogP contribution in [0.25, 0.3) is 0 Å². The Bertz CT molecular complexity index is 789. The number of nitrogens with zero attached hydrogens (tertiary/aromatic N) is 1. The molecule has 0 bridgehead atoms. The maximum atomic E-state index is 12.2. The zero-order valence-corrected chi connectivity index (χ0v) is 17.1. The summed E-state index contributed by atoms with van der Waals surface area (Å²) in [6.07, 6.45) is 8.94. The van der Waals surface area contributed by atoms with Gasteiger partial charge in [-0.25, -0.2) is 0 Å². The maximum absolute atomic E-state index is 12.2. The van der Waals surface area contributed by atoms with Gasteiger partial charge in [0.1, 0.15) is 12.4 Å². The topological polar surface area (TPSA) is 51.2 Å². The highest BCUT2D eigenvalue weighted by molar-refractivity contribution is 5.94. The number of carbonyl (C=O) groups is 1. The third-order valence-electron chi connectivity index (χ3n) is 4.28. The van der Waals surface area contributed by atoms with E-state index in [9.17, 15) is 4.79 Å². The SMILES string of the molecule is CC(C)=CCC/C(C)=C/COc1ccc(C(=O)NCCc2ccccn2)cc1. The number of aromatic nitrogens is 1. The molecule has 0 radical (unpaired) electrons. The number of hydrogen-bond acceptors (Lipinski definition) is 3. The number of benzene rings is 1. The van der Waals surface area contributed by atoms with Crippen LogP contribution in [0, 0.1) is 0 Å². The Kier molecular flexibility index (Phi) is 8.99. The van der Waals surface area contributed by atoms with Crippen molar-refractivity contribution in [3.8, 4) is 5.75 Å². The highest BCUT2D eigenvalue weighted by Crippen LogP contribution is 2.13. The Morgan fingerprint density at radius 1 is 1.07 bits per heavy atom. The molecule has 28 heavy (non-hydrogen) atoms. The summed E-state index contributed by atoms with van der Waals surface area (Å²) in [4.78, 5) is 16.5. The van der Waals surface area contributed by atoms with Crippen molar-refractivity contribution < 1.29 is 9.53 Å². The lowest BCUT2D eigenvalue weighted by atomic mass is 10.1. The van der Waals surface area contributed by atoms with E-state index < -0.39 is 0 Å². The Hall–Kier alpha value is -2.88. The molecular weight excluding hydrogens is 348 g/mol. The summed E-state index contributed by atoms with van der Waals surface area (Å²) in [5.74, 6) is 0.677. The molecule has 0 saturated heterocycles. The average Bonchev–Trinajstić information content (AvgIpc) is 2.69. The predicted molar refractivity (Wildman–Crippen MR) is 115 cm³/mol. The van der Waals surface area contributed by atoms with Crippen LogP contribution < -0.4 is 10.1 Å². The van der Waals surface area contributed by atoms with E-state index in [1.54, 1.807) is 18.3 Å². The monoisotopic (exact) mass is 378 g/mol. The maximum Gasteiger partial charge on any atom is 0.251 e. The molecule has 0 atom stereocenters. The van der Waals surface area contributed by atoms with E-state index in [1.807, 2.05) is 30.3 Å². The summed E-state index contributed by atoms with van der Waals surface area (Å²) in [5, 5.41) is 2.92. The van der Waals surface area contributed by atoms with Gasteiger partial charge in [-0.3, -0.25) is 9.78 Å². The summed E-state index contributed by atoms with van der Waals surface area (Å²) in [5.41, 5.74) is 4.27. The van der Waals surface area contributed by atoms with Gasteiger partial charge in [0, 0.05) is 30.4 Å². The summed E-state index contributed by atoms with van der Waals surface area (Å²) >= 11 is 0. The molecule has 0 aliphatic heterocycles. The number of nitrogens with one attached hydrogen (secondary N) is 1. The Labute approximate surface area is 168 Å². The van der Waals surface area contributed by atoms with Gasteiger partial charge >= 0.3 is 0 Å². The van der Waals surface area contributed by atoms with Gasteiger partial charge in [0.25, 0.3) is 5.91 Å². The first-order valence-corrected chi connectivity index (χ1v) is 9.74. The number of carbonyl (C=O) groups excluding carboxylic acids is 1. The number of allylic oxidation sites excluding steroid dienone is 3. The molecule has 0 aliphatic carbocycles. The third-order valence-corrected chi connectivity index (χ3v) is 4.28. The van der Waals surface area contributed by atoms with Crippen LogP contribution in [0.4, 0.5) is 0 Å². The smallest absolute Gasteiger partial charge is 0.251 e. The minimum Gasteiger partial charge on any atom is -0.490 e. The van der Waals surface area contributed by atoms with Crippen LogP contribution in [-0.2, 0) is 6.42 Å². The molecule has 4 nitrogen and oxygen atoms in total. The molecule has 1 N–H and O–H groups in total. The molecule has 1 amide bonds. The molecule has 0 unspecified atom stereocenters. The fraction of sp³-hybridized carbons (Fsp3) is 0.333. The second-order valence-corrected chi connectivity index (χ2v) is 7.03. The number of ether oxygens (including phenoxy) is 1. The van der Waals surface area contributed by atoms with E-state index in [1.165, 1.54) is 11.1 Å². The highest BCUT2D eigenvalue weighted by Gasteiger charge is 2.05. The van der Waals surface area contributed by atoms with Gasteiger partial charge in [0.15, 0.2) is 0 Å². The van der Waals surface area contributed by atoms with Gasteiger partial charge < -0.3 is 10.1 Å².